The number of methoxy groups -OCH3 is 1. The van der Waals surface area contributed by atoms with Gasteiger partial charge in [0.2, 0.25) is 0 Å². The van der Waals surface area contributed by atoms with Crippen LogP contribution in [0.4, 0.5) is 4.79 Å². The Morgan fingerprint density at radius 1 is 1.12 bits per heavy atom. The number of amides is 2. The Balaban J connectivity index is 1.68. The summed E-state index contributed by atoms with van der Waals surface area (Å²) < 4.78 is 22.1. The molecule has 11 heteroatoms. The first-order valence-corrected chi connectivity index (χ1v) is 12.9. The number of hydrazone groups is 1. The molecule has 214 valence electrons. The van der Waals surface area contributed by atoms with E-state index in [1.54, 1.807) is 37.4 Å². The lowest BCUT2D eigenvalue weighted by atomic mass is 9.95. The zero-order valence-corrected chi connectivity index (χ0v) is 23.2. The van der Waals surface area contributed by atoms with Gasteiger partial charge in [-0.15, -0.1) is 6.58 Å². The summed E-state index contributed by atoms with van der Waals surface area (Å²) in [6.07, 6.45) is 2.94. The zero-order chi connectivity index (χ0) is 29.1. The molecule has 2 atom stereocenters. The average Bonchev–Trinajstić information content (AvgIpc) is 2.93. The first kappa shape index (κ1) is 30.0. The number of aliphatic hydroxyl groups excluding tert-OH is 1. The van der Waals surface area contributed by atoms with Crippen LogP contribution >= 0.6 is 0 Å². The minimum atomic E-state index is -1.11. The molecule has 1 heterocycles. The Kier molecular flexibility index (Phi) is 11.0. The molecule has 0 spiro atoms. The van der Waals surface area contributed by atoms with Crippen molar-refractivity contribution >= 4 is 18.2 Å². The monoisotopic (exact) mass is 552 g/mol. The van der Waals surface area contributed by atoms with E-state index in [2.05, 4.69) is 27.7 Å². The molecule has 2 aromatic rings. The van der Waals surface area contributed by atoms with Crippen LogP contribution in [-0.2, 0) is 16.0 Å². The Morgan fingerprint density at radius 2 is 1.85 bits per heavy atom. The number of nitrogens with one attached hydrogen (secondary N) is 3. The molecule has 0 radical (unpaired) electrons. The van der Waals surface area contributed by atoms with E-state index in [1.165, 1.54) is 7.11 Å². The lowest BCUT2D eigenvalue weighted by Gasteiger charge is -2.28. The maximum Gasteiger partial charge on any atom is 0.337 e. The molecule has 0 saturated heterocycles. The Labute approximate surface area is 233 Å². The van der Waals surface area contributed by atoms with Gasteiger partial charge in [0, 0.05) is 5.70 Å². The van der Waals surface area contributed by atoms with Crippen molar-refractivity contribution in [3.63, 3.8) is 0 Å². The van der Waals surface area contributed by atoms with Crippen LogP contribution < -0.4 is 30.3 Å². The number of hydrogen-bond donors (Lipinski definition) is 4. The van der Waals surface area contributed by atoms with Crippen molar-refractivity contribution in [2.75, 3.05) is 26.9 Å². The van der Waals surface area contributed by atoms with E-state index in [-0.39, 0.29) is 12.2 Å². The molecule has 40 heavy (non-hydrogen) atoms. The number of ether oxygens (including phenoxy) is 4. The summed E-state index contributed by atoms with van der Waals surface area (Å²) in [4.78, 5) is 24.5. The minimum Gasteiger partial charge on any atom is -0.494 e. The van der Waals surface area contributed by atoms with Gasteiger partial charge < -0.3 is 34.7 Å². The Bertz CT molecular complexity index is 1280. The number of esters is 1. The summed E-state index contributed by atoms with van der Waals surface area (Å²) in [6.45, 7) is 9.95. The van der Waals surface area contributed by atoms with Crippen LogP contribution in [0.2, 0.25) is 0 Å². The fraction of sp³-hybridized carbons (Fsp3) is 0.345. The van der Waals surface area contributed by atoms with Gasteiger partial charge in [0.15, 0.2) is 17.7 Å². The van der Waals surface area contributed by atoms with Crippen LogP contribution in [0.15, 0.2) is 65.4 Å². The lowest BCUT2D eigenvalue weighted by molar-refractivity contribution is -0.136. The highest BCUT2D eigenvalue weighted by molar-refractivity contribution is 5.95. The third kappa shape index (κ3) is 7.76. The highest BCUT2D eigenvalue weighted by atomic mass is 16.5. The van der Waals surface area contributed by atoms with E-state index in [0.29, 0.717) is 42.4 Å². The topological polar surface area (TPSA) is 140 Å². The van der Waals surface area contributed by atoms with Gasteiger partial charge in [0.25, 0.3) is 0 Å². The van der Waals surface area contributed by atoms with Crippen LogP contribution in [0.5, 0.6) is 17.2 Å². The number of urea groups is 1. The SMILES string of the molecule is C=CCc1cc(/C=N\N[C@@H](O)COc2ccc([C@@H]3NC(=O)NC(C)=C3C(=O)OC)cc2OCC)ccc1OCC. The van der Waals surface area contributed by atoms with Crippen molar-refractivity contribution < 1.29 is 33.6 Å². The highest BCUT2D eigenvalue weighted by Crippen LogP contribution is 2.35. The molecule has 1 aliphatic rings. The van der Waals surface area contributed by atoms with E-state index in [1.807, 2.05) is 32.0 Å². The smallest absolute Gasteiger partial charge is 0.337 e. The van der Waals surface area contributed by atoms with Crippen molar-refractivity contribution in [1.82, 2.24) is 16.1 Å². The number of allylic oxidation sites excluding steroid dienone is 2. The first-order chi connectivity index (χ1) is 19.3. The number of carbonyl (C=O) groups excluding carboxylic acids is 2. The third-order valence-electron chi connectivity index (χ3n) is 5.86. The second-order valence-corrected chi connectivity index (χ2v) is 8.71. The fourth-order valence-corrected chi connectivity index (χ4v) is 4.11. The predicted molar refractivity (Wildman–Crippen MR) is 150 cm³/mol. The molecule has 0 saturated carbocycles. The van der Waals surface area contributed by atoms with Crippen molar-refractivity contribution in [3.05, 3.63) is 77.0 Å². The van der Waals surface area contributed by atoms with Crippen LogP contribution in [0.25, 0.3) is 0 Å². The molecule has 0 bridgehead atoms. The van der Waals surface area contributed by atoms with Gasteiger partial charge in [-0.2, -0.15) is 5.10 Å². The molecule has 2 aromatic carbocycles. The van der Waals surface area contributed by atoms with Gasteiger partial charge in [-0.3, -0.25) is 5.43 Å². The van der Waals surface area contributed by atoms with Gasteiger partial charge in [-0.05, 0) is 74.2 Å². The van der Waals surface area contributed by atoms with Crippen LogP contribution in [0, 0.1) is 0 Å². The Hall–Kier alpha value is -4.51. The number of nitrogens with zero attached hydrogens (tertiary/aromatic N) is 1. The zero-order valence-electron chi connectivity index (χ0n) is 23.2. The van der Waals surface area contributed by atoms with E-state index >= 15 is 0 Å². The second-order valence-electron chi connectivity index (χ2n) is 8.71. The van der Waals surface area contributed by atoms with E-state index in [0.717, 1.165) is 16.9 Å². The summed E-state index contributed by atoms with van der Waals surface area (Å²) in [5, 5.41) is 19.8. The van der Waals surface area contributed by atoms with E-state index < -0.39 is 24.3 Å². The molecule has 0 unspecified atom stereocenters. The van der Waals surface area contributed by atoms with Gasteiger partial charge in [0.05, 0.1) is 38.2 Å². The van der Waals surface area contributed by atoms with Crippen molar-refractivity contribution in [2.24, 2.45) is 5.10 Å². The quantitative estimate of drug-likeness (QED) is 0.0920. The number of aliphatic hydroxyl groups is 1. The number of carbonyl (C=O) groups is 2. The van der Waals surface area contributed by atoms with Crippen LogP contribution in [0.1, 0.15) is 43.5 Å². The number of benzene rings is 2. The summed E-state index contributed by atoms with van der Waals surface area (Å²) in [6, 6.07) is 9.54. The van der Waals surface area contributed by atoms with E-state index in [4.69, 9.17) is 18.9 Å². The molecule has 0 fully saturated rings. The van der Waals surface area contributed by atoms with Gasteiger partial charge in [0.1, 0.15) is 12.4 Å². The minimum absolute atomic E-state index is 0.127. The summed E-state index contributed by atoms with van der Waals surface area (Å²) in [7, 11) is 1.28. The summed E-state index contributed by atoms with van der Waals surface area (Å²) in [5.41, 5.74) is 5.73. The normalized spacial score (nSPS) is 15.6. The molecule has 1 aliphatic heterocycles. The maximum absolute atomic E-state index is 12.4. The Morgan fingerprint density at radius 3 is 2.55 bits per heavy atom. The standard InChI is InChI=1S/C29H36N4O7/c1-6-9-20-14-19(10-12-22(20)38-7-2)16-30-33-25(34)17-40-23-13-11-21(15-24(23)39-8-3)27-26(28(35)37-5)18(4)31-29(36)32-27/h6,10-16,25,27,33-34H,1,7-9,17H2,2-5H3,(H2,31,32,36)/b30-16-/t25-,27-/m0/s1. The maximum atomic E-state index is 12.4. The fourth-order valence-electron chi connectivity index (χ4n) is 4.11. The van der Waals surface area contributed by atoms with Crippen LogP contribution in [0.3, 0.4) is 0 Å². The molecule has 0 aliphatic carbocycles. The molecule has 2 amide bonds. The van der Waals surface area contributed by atoms with Gasteiger partial charge in [-0.1, -0.05) is 12.1 Å². The second kappa shape index (κ2) is 14.6. The van der Waals surface area contributed by atoms with Crippen molar-refractivity contribution in [2.45, 2.75) is 39.5 Å². The van der Waals surface area contributed by atoms with Crippen molar-refractivity contribution in [1.29, 1.82) is 0 Å². The third-order valence-corrected chi connectivity index (χ3v) is 5.86. The molecule has 3 rings (SSSR count). The number of hydrogen-bond acceptors (Lipinski definition) is 9. The molecule has 11 nitrogen and oxygen atoms in total. The van der Waals surface area contributed by atoms with Crippen LogP contribution in [-0.4, -0.2) is 56.5 Å². The summed E-state index contributed by atoms with van der Waals surface area (Å²) in [5.74, 6) is 0.989. The highest BCUT2D eigenvalue weighted by Gasteiger charge is 2.32. The summed E-state index contributed by atoms with van der Waals surface area (Å²) >= 11 is 0. The number of rotatable bonds is 14. The molecule has 4 N–H and O–H groups in total. The molecular formula is C29H36N4O7. The predicted octanol–water partition coefficient (Wildman–Crippen LogP) is 3.33. The first-order valence-electron chi connectivity index (χ1n) is 12.9. The van der Waals surface area contributed by atoms with Gasteiger partial charge in [-0.25, -0.2) is 9.59 Å². The lowest BCUT2D eigenvalue weighted by Crippen LogP contribution is -2.45. The molecule has 0 aromatic heterocycles. The van der Waals surface area contributed by atoms with E-state index in [9.17, 15) is 14.7 Å². The average molecular weight is 553 g/mol. The van der Waals surface area contributed by atoms with Crippen molar-refractivity contribution in [3.8, 4) is 17.2 Å². The molecular weight excluding hydrogens is 516 g/mol. The van der Waals surface area contributed by atoms with Gasteiger partial charge >= 0.3 is 12.0 Å². The largest absolute Gasteiger partial charge is 0.494 e.